The minimum atomic E-state index is 0.124. The first-order chi connectivity index (χ1) is 11.8. The standard InChI is InChI=1S/C20H25N3O/c24-20(21-14-13-17-7-3-1-4-8-17)12-11-18-15-22-23(16-18)19-9-5-2-6-10-19/h2,5-7,9-10,15-16H,1,3-4,8,11-14H2,(H,21,24). The molecule has 0 spiro atoms. The second-order valence-corrected chi connectivity index (χ2v) is 6.34. The minimum Gasteiger partial charge on any atom is -0.356 e. The van der Waals surface area contributed by atoms with Gasteiger partial charge < -0.3 is 5.32 Å². The van der Waals surface area contributed by atoms with Gasteiger partial charge in [-0.25, -0.2) is 4.68 Å². The van der Waals surface area contributed by atoms with E-state index in [4.69, 9.17) is 0 Å². The zero-order valence-corrected chi connectivity index (χ0v) is 14.1. The van der Waals surface area contributed by atoms with Gasteiger partial charge >= 0.3 is 0 Å². The van der Waals surface area contributed by atoms with E-state index in [-0.39, 0.29) is 5.91 Å². The average molecular weight is 323 g/mol. The lowest BCUT2D eigenvalue weighted by molar-refractivity contribution is -0.121. The van der Waals surface area contributed by atoms with Crippen molar-refractivity contribution in [2.24, 2.45) is 0 Å². The molecule has 0 aliphatic heterocycles. The lowest BCUT2D eigenvalue weighted by atomic mass is 9.97. The number of hydrogen-bond acceptors (Lipinski definition) is 2. The van der Waals surface area contributed by atoms with Crippen LogP contribution in [0.2, 0.25) is 0 Å². The summed E-state index contributed by atoms with van der Waals surface area (Å²) in [4.78, 5) is 12.0. The Hall–Kier alpha value is -2.36. The zero-order chi connectivity index (χ0) is 16.6. The number of hydrogen-bond donors (Lipinski definition) is 1. The van der Waals surface area contributed by atoms with E-state index >= 15 is 0 Å². The molecule has 1 aliphatic carbocycles. The molecule has 24 heavy (non-hydrogen) atoms. The van der Waals surface area contributed by atoms with Gasteiger partial charge in [0.15, 0.2) is 0 Å². The summed E-state index contributed by atoms with van der Waals surface area (Å²) in [5, 5.41) is 7.40. The predicted octanol–water partition coefficient (Wildman–Crippen LogP) is 3.81. The van der Waals surface area contributed by atoms with Crippen LogP contribution in [0.3, 0.4) is 0 Å². The van der Waals surface area contributed by atoms with Gasteiger partial charge in [0.25, 0.3) is 0 Å². The van der Waals surface area contributed by atoms with Crippen molar-refractivity contribution in [1.82, 2.24) is 15.1 Å². The first-order valence-corrected chi connectivity index (χ1v) is 8.85. The van der Waals surface area contributed by atoms with Crippen molar-refractivity contribution >= 4 is 5.91 Å². The van der Waals surface area contributed by atoms with Crippen LogP contribution in [0.25, 0.3) is 5.69 Å². The summed E-state index contributed by atoms with van der Waals surface area (Å²) in [6, 6.07) is 10.0. The van der Waals surface area contributed by atoms with Crippen molar-refractivity contribution in [3.05, 3.63) is 59.9 Å². The molecule has 0 fully saturated rings. The lowest BCUT2D eigenvalue weighted by Crippen LogP contribution is -2.25. The van der Waals surface area contributed by atoms with Crippen molar-refractivity contribution in [1.29, 1.82) is 0 Å². The lowest BCUT2D eigenvalue weighted by Gasteiger charge is -2.12. The molecule has 1 aromatic carbocycles. The Morgan fingerprint density at radius 1 is 1.17 bits per heavy atom. The highest BCUT2D eigenvalue weighted by Crippen LogP contribution is 2.19. The van der Waals surface area contributed by atoms with Crippen LogP contribution in [-0.2, 0) is 11.2 Å². The number of allylic oxidation sites excluding steroid dienone is 1. The van der Waals surface area contributed by atoms with Gasteiger partial charge in [-0.15, -0.1) is 0 Å². The topological polar surface area (TPSA) is 46.9 Å². The van der Waals surface area contributed by atoms with E-state index in [2.05, 4.69) is 16.5 Å². The molecule has 1 amide bonds. The van der Waals surface area contributed by atoms with Crippen LogP contribution in [0, 0.1) is 0 Å². The first-order valence-electron chi connectivity index (χ1n) is 8.85. The largest absolute Gasteiger partial charge is 0.356 e. The van der Waals surface area contributed by atoms with Crippen LogP contribution in [0.1, 0.15) is 44.1 Å². The predicted molar refractivity (Wildman–Crippen MR) is 96.1 cm³/mol. The highest BCUT2D eigenvalue weighted by Gasteiger charge is 2.07. The van der Waals surface area contributed by atoms with Gasteiger partial charge in [-0.3, -0.25) is 4.79 Å². The van der Waals surface area contributed by atoms with Crippen molar-refractivity contribution in [3.8, 4) is 5.69 Å². The Labute approximate surface area is 143 Å². The Morgan fingerprint density at radius 3 is 2.83 bits per heavy atom. The summed E-state index contributed by atoms with van der Waals surface area (Å²) in [7, 11) is 0. The number of carbonyl (C=O) groups is 1. The van der Waals surface area contributed by atoms with Gasteiger partial charge in [0.2, 0.25) is 5.91 Å². The third-order valence-electron chi connectivity index (χ3n) is 4.45. The molecule has 0 atom stereocenters. The molecule has 0 unspecified atom stereocenters. The van der Waals surface area contributed by atoms with Gasteiger partial charge in [-0.05, 0) is 56.2 Å². The van der Waals surface area contributed by atoms with Crippen LogP contribution < -0.4 is 5.32 Å². The number of amides is 1. The molecule has 1 heterocycles. The van der Waals surface area contributed by atoms with Crippen LogP contribution in [-0.4, -0.2) is 22.2 Å². The normalized spacial score (nSPS) is 14.2. The Morgan fingerprint density at radius 2 is 2.04 bits per heavy atom. The number of carbonyl (C=O) groups excluding carboxylic acids is 1. The second kappa shape index (κ2) is 8.48. The maximum absolute atomic E-state index is 12.0. The average Bonchev–Trinajstić information content (AvgIpc) is 3.11. The SMILES string of the molecule is O=C(CCc1cnn(-c2ccccc2)c1)NCCC1=CCCCC1. The molecule has 2 aromatic rings. The molecule has 1 N–H and O–H groups in total. The van der Waals surface area contributed by atoms with E-state index in [0.29, 0.717) is 6.42 Å². The molecule has 3 rings (SSSR count). The minimum absolute atomic E-state index is 0.124. The molecule has 126 valence electrons. The van der Waals surface area contributed by atoms with E-state index in [0.717, 1.165) is 30.6 Å². The van der Waals surface area contributed by atoms with Crippen LogP contribution in [0.4, 0.5) is 0 Å². The van der Waals surface area contributed by atoms with Gasteiger partial charge in [0.1, 0.15) is 0 Å². The summed E-state index contributed by atoms with van der Waals surface area (Å²) in [6.45, 7) is 0.758. The first kappa shape index (κ1) is 16.5. The highest BCUT2D eigenvalue weighted by atomic mass is 16.1. The number of benzene rings is 1. The van der Waals surface area contributed by atoms with Crippen molar-refractivity contribution in [3.63, 3.8) is 0 Å². The number of nitrogens with zero attached hydrogens (tertiary/aromatic N) is 2. The Balaban J connectivity index is 1.40. The summed E-state index contributed by atoms with van der Waals surface area (Å²) in [5.74, 6) is 0.124. The van der Waals surface area contributed by atoms with E-state index < -0.39 is 0 Å². The molecule has 1 aliphatic rings. The smallest absolute Gasteiger partial charge is 0.220 e. The van der Waals surface area contributed by atoms with Crippen LogP contribution in [0.5, 0.6) is 0 Å². The van der Waals surface area contributed by atoms with Crippen molar-refractivity contribution < 1.29 is 4.79 Å². The molecule has 0 radical (unpaired) electrons. The summed E-state index contributed by atoms with van der Waals surface area (Å²) >= 11 is 0. The summed E-state index contributed by atoms with van der Waals surface area (Å²) in [6.07, 6.45) is 13.4. The molecule has 0 saturated carbocycles. The maximum Gasteiger partial charge on any atom is 0.220 e. The number of rotatable bonds is 7. The second-order valence-electron chi connectivity index (χ2n) is 6.34. The fourth-order valence-corrected chi connectivity index (χ4v) is 3.05. The maximum atomic E-state index is 12.0. The third kappa shape index (κ3) is 4.82. The molecule has 4 heteroatoms. The van der Waals surface area contributed by atoms with E-state index in [9.17, 15) is 4.79 Å². The van der Waals surface area contributed by atoms with Gasteiger partial charge in [0, 0.05) is 19.2 Å². The van der Waals surface area contributed by atoms with Crippen LogP contribution in [0.15, 0.2) is 54.4 Å². The van der Waals surface area contributed by atoms with Crippen molar-refractivity contribution in [2.75, 3.05) is 6.54 Å². The Kier molecular flexibility index (Phi) is 5.83. The number of aromatic nitrogens is 2. The number of aryl methyl sites for hydroxylation is 1. The molecule has 4 nitrogen and oxygen atoms in total. The van der Waals surface area contributed by atoms with Crippen LogP contribution >= 0.6 is 0 Å². The van der Waals surface area contributed by atoms with E-state index in [1.807, 2.05) is 47.4 Å². The molecule has 0 saturated heterocycles. The molecule has 0 bridgehead atoms. The fraction of sp³-hybridized carbons (Fsp3) is 0.400. The molecular formula is C20H25N3O. The molecule has 1 aromatic heterocycles. The molecular weight excluding hydrogens is 298 g/mol. The number of para-hydroxylation sites is 1. The zero-order valence-electron chi connectivity index (χ0n) is 14.1. The summed E-state index contributed by atoms with van der Waals surface area (Å²) < 4.78 is 1.85. The van der Waals surface area contributed by atoms with Gasteiger partial charge in [0.05, 0.1) is 11.9 Å². The Bertz CT molecular complexity index is 688. The van der Waals surface area contributed by atoms with Gasteiger partial charge in [-0.1, -0.05) is 29.8 Å². The summed E-state index contributed by atoms with van der Waals surface area (Å²) in [5.41, 5.74) is 3.63. The fourth-order valence-electron chi connectivity index (χ4n) is 3.05. The third-order valence-corrected chi connectivity index (χ3v) is 4.45. The monoisotopic (exact) mass is 323 g/mol. The number of nitrogens with one attached hydrogen (secondary N) is 1. The van der Waals surface area contributed by atoms with Gasteiger partial charge in [-0.2, -0.15) is 5.10 Å². The van der Waals surface area contributed by atoms with E-state index in [1.165, 1.54) is 31.3 Å². The quantitative estimate of drug-likeness (QED) is 0.788. The highest BCUT2D eigenvalue weighted by molar-refractivity contribution is 5.76. The van der Waals surface area contributed by atoms with E-state index in [1.54, 1.807) is 0 Å². The van der Waals surface area contributed by atoms with Crippen molar-refractivity contribution in [2.45, 2.75) is 44.9 Å².